The molecule has 0 atom stereocenters. The molecule has 2 N–H and O–H groups in total. The van der Waals surface area contributed by atoms with E-state index in [9.17, 15) is 4.79 Å². The second kappa shape index (κ2) is 9.11. The zero-order chi connectivity index (χ0) is 15.7. The molecule has 114 valence electrons. The molecular formula is C16H23N3O2. The average Bonchev–Trinajstić information content (AvgIpc) is 2.46. The van der Waals surface area contributed by atoms with Crippen molar-refractivity contribution in [3.05, 3.63) is 29.8 Å². The Hall–Kier alpha value is -1.90. The fourth-order valence-electron chi connectivity index (χ4n) is 2.10. The molecule has 0 spiro atoms. The molecule has 0 heterocycles. The van der Waals surface area contributed by atoms with Gasteiger partial charge in [0, 0.05) is 19.0 Å². The van der Waals surface area contributed by atoms with Crippen molar-refractivity contribution in [1.82, 2.24) is 4.90 Å². The summed E-state index contributed by atoms with van der Waals surface area (Å²) in [7, 11) is 0. The van der Waals surface area contributed by atoms with Crippen LogP contribution in [-0.4, -0.2) is 41.7 Å². The van der Waals surface area contributed by atoms with Crippen LogP contribution in [-0.2, 0) is 4.79 Å². The van der Waals surface area contributed by atoms with E-state index >= 15 is 0 Å². The Morgan fingerprint density at radius 3 is 2.71 bits per heavy atom. The second-order valence-corrected chi connectivity index (χ2v) is 5.16. The highest BCUT2D eigenvalue weighted by Crippen LogP contribution is 2.14. The van der Waals surface area contributed by atoms with Gasteiger partial charge in [-0.1, -0.05) is 12.1 Å². The normalized spacial score (nSPS) is 10.7. The van der Waals surface area contributed by atoms with Gasteiger partial charge in [-0.15, -0.1) is 0 Å². The molecule has 1 amide bonds. The lowest BCUT2D eigenvalue weighted by molar-refractivity contribution is -0.116. The summed E-state index contributed by atoms with van der Waals surface area (Å²) in [6, 6.07) is 9.36. The number of amides is 1. The third-order valence-electron chi connectivity index (χ3n) is 3.29. The maximum absolute atomic E-state index is 11.9. The number of carbonyl (C=O) groups is 1. The van der Waals surface area contributed by atoms with Crippen molar-refractivity contribution in [3.8, 4) is 6.07 Å². The van der Waals surface area contributed by atoms with Crippen LogP contribution >= 0.6 is 0 Å². The zero-order valence-electron chi connectivity index (χ0n) is 12.7. The molecule has 0 aliphatic heterocycles. The van der Waals surface area contributed by atoms with Crippen molar-refractivity contribution in [2.45, 2.75) is 32.7 Å². The van der Waals surface area contributed by atoms with Crippen LogP contribution in [0.25, 0.3) is 0 Å². The van der Waals surface area contributed by atoms with Crippen molar-refractivity contribution >= 4 is 11.6 Å². The van der Waals surface area contributed by atoms with E-state index in [2.05, 4.69) is 30.1 Å². The molecule has 1 aromatic rings. The molecule has 1 rings (SSSR count). The first kappa shape index (κ1) is 17.2. The number of hydrogen-bond acceptors (Lipinski definition) is 4. The van der Waals surface area contributed by atoms with E-state index in [1.807, 2.05) is 0 Å². The molecular weight excluding hydrogens is 266 g/mol. The van der Waals surface area contributed by atoms with Gasteiger partial charge in [-0.2, -0.15) is 5.26 Å². The van der Waals surface area contributed by atoms with E-state index in [1.54, 1.807) is 24.3 Å². The number of benzene rings is 1. The highest BCUT2D eigenvalue weighted by atomic mass is 16.3. The fourth-order valence-corrected chi connectivity index (χ4v) is 2.10. The van der Waals surface area contributed by atoms with Gasteiger partial charge in [0.1, 0.15) is 6.07 Å². The molecule has 0 unspecified atom stereocenters. The number of aliphatic hydroxyl groups excluding tert-OH is 1. The average molecular weight is 289 g/mol. The largest absolute Gasteiger partial charge is 0.395 e. The lowest BCUT2D eigenvalue weighted by Crippen LogP contribution is -2.34. The summed E-state index contributed by atoms with van der Waals surface area (Å²) in [5.74, 6) is -0.0922. The van der Waals surface area contributed by atoms with Gasteiger partial charge in [0.15, 0.2) is 0 Å². The summed E-state index contributed by atoms with van der Waals surface area (Å²) in [6.07, 6.45) is 1.12. The van der Waals surface area contributed by atoms with Gasteiger partial charge in [-0.3, -0.25) is 9.69 Å². The zero-order valence-corrected chi connectivity index (χ0v) is 12.7. The molecule has 0 aliphatic carbocycles. The van der Waals surface area contributed by atoms with Gasteiger partial charge >= 0.3 is 0 Å². The molecule has 5 nitrogen and oxygen atoms in total. The van der Waals surface area contributed by atoms with Gasteiger partial charge in [0.25, 0.3) is 0 Å². The van der Waals surface area contributed by atoms with Crippen LogP contribution in [0.3, 0.4) is 0 Å². The maximum atomic E-state index is 11.9. The molecule has 21 heavy (non-hydrogen) atoms. The Labute approximate surface area is 126 Å². The standard InChI is InChI=1S/C16H23N3O2/c1-13(2)19(10-11-20)9-5-8-16(21)18-15-7-4-3-6-14(15)12-17/h3-4,6-7,13,20H,5,8-11H2,1-2H3,(H,18,21). The van der Waals surface area contributed by atoms with Crippen LogP contribution in [0.5, 0.6) is 0 Å². The smallest absolute Gasteiger partial charge is 0.224 e. The summed E-state index contributed by atoms with van der Waals surface area (Å²) in [4.78, 5) is 14.0. The molecule has 0 aromatic heterocycles. The van der Waals surface area contributed by atoms with Crippen LogP contribution in [0.2, 0.25) is 0 Å². The predicted octanol–water partition coefficient (Wildman–Crippen LogP) is 1.98. The van der Waals surface area contributed by atoms with Crippen LogP contribution in [0.15, 0.2) is 24.3 Å². The first-order valence-corrected chi connectivity index (χ1v) is 7.22. The lowest BCUT2D eigenvalue weighted by Gasteiger charge is -2.25. The number of nitrogens with one attached hydrogen (secondary N) is 1. The van der Waals surface area contributed by atoms with Crippen molar-refractivity contribution in [2.24, 2.45) is 0 Å². The molecule has 0 radical (unpaired) electrons. The lowest BCUT2D eigenvalue weighted by atomic mass is 10.2. The Balaban J connectivity index is 2.42. The summed E-state index contributed by atoms with van der Waals surface area (Å²) >= 11 is 0. The fraction of sp³-hybridized carbons (Fsp3) is 0.500. The first-order valence-electron chi connectivity index (χ1n) is 7.22. The number of carbonyl (C=O) groups excluding carboxylic acids is 1. The Bertz CT molecular complexity index is 495. The number of nitriles is 1. The minimum Gasteiger partial charge on any atom is -0.395 e. The van der Waals surface area contributed by atoms with E-state index in [0.717, 1.165) is 13.0 Å². The van der Waals surface area contributed by atoms with Crippen LogP contribution < -0.4 is 5.32 Å². The van der Waals surface area contributed by atoms with Crippen molar-refractivity contribution in [3.63, 3.8) is 0 Å². The van der Waals surface area contributed by atoms with Crippen molar-refractivity contribution < 1.29 is 9.90 Å². The predicted molar refractivity (Wildman–Crippen MR) is 82.8 cm³/mol. The van der Waals surface area contributed by atoms with Gasteiger partial charge in [-0.25, -0.2) is 0 Å². The minimum atomic E-state index is -0.0922. The van der Waals surface area contributed by atoms with Crippen molar-refractivity contribution in [1.29, 1.82) is 5.26 Å². The van der Waals surface area contributed by atoms with E-state index in [0.29, 0.717) is 30.3 Å². The van der Waals surface area contributed by atoms with Gasteiger partial charge in [-0.05, 0) is 38.9 Å². The van der Waals surface area contributed by atoms with E-state index in [1.165, 1.54) is 0 Å². The van der Waals surface area contributed by atoms with Crippen LogP contribution in [0, 0.1) is 11.3 Å². The topological polar surface area (TPSA) is 76.4 Å². The number of hydrogen-bond donors (Lipinski definition) is 2. The summed E-state index contributed by atoms with van der Waals surface area (Å²) in [5, 5.41) is 20.7. The second-order valence-electron chi connectivity index (χ2n) is 5.16. The van der Waals surface area contributed by atoms with Crippen LogP contribution in [0.4, 0.5) is 5.69 Å². The summed E-state index contributed by atoms with van der Waals surface area (Å²) in [6.45, 7) is 5.65. The Morgan fingerprint density at radius 2 is 2.10 bits per heavy atom. The number of aliphatic hydroxyl groups is 1. The summed E-state index contributed by atoms with van der Waals surface area (Å²) < 4.78 is 0. The van der Waals surface area contributed by atoms with Gasteiger partial charge in [0.2, 0.25) is 5.91 Å². The van der Waals surface area contributed by atoms with E-state index in [-0.39, 0.29) is 12.5 Å². The molecule has 0 saturated heterocycles. The molecule has 5 heteroatoms. The Morgan fingerprint density at radius 1 is 1.38 bits per heavy atom. The highest BCUT2D eigenvalue weighted by molar-refractivity contribution is 5.92. The number of nitrogens with zero attached hydrogens (tertiary/aromatic N) is 2. The molecule has 0 fully saturated rings. The third-order valence-corrected chi connectivity index (χ3v) is 3.29. The Kier molecular flexibility index (Phi) is 7.44. The quantitative estimate of drug-likeness (QED) is 0.767. The monoisotopic (exact) mass is 289 g/mol. The highest BCUT2D eigenvalue weighted by Gasteiger charge is 2.10. The molecule has 0 bridgehead atoms. The molecule has 1 aromatic carbocycles. The van der Waals surface area contributed by atoms with Gasteiger partial charge < -0.3 is 10.4 Å². The minimum absolute atomic E-state index is 0.0922. The van der Waals surface area contributed by atoms with Crippen molar-refractivity contribution in [2.75, 3.05) is 25.0 Å². The number of rotatable bonds is 8. The van der Waals surface area contributed by atoms with Crippen LogP contribution in [0.1, 0.15) is 32.3 Å². The third kappa shape index (κ3) is 5.94. The number of anilines is 1. The van der Waals surface area contributed by atoms with E-state index in [4.69, 9.17) is 10.4 Å². The molecule has 0 aliphatic rings. The number of para-hydroxylation sites is 1. The SMILES string of the molecule is CC(C)N(CCO)CCCC(=O)Nc1ccccc1C#N. The summed E-state index contributed by atoms with van der Waals surface area (Å²) in [5.41, 5.74) is 1.02. The van der Waals surface area contributed by atoms with E-state index < -0.39 is 0 Å². The van der Waals surface area contributed by atoms with Gasteiger partial charge in [0.05, 0.1) is 17.9 Å². The first-order chi connectivity index (χ1) is 10.1. The molecule has 0 saturated carbocycles. The maximum Gasteiger partial charge on any atom is 0.224 e.